The number of aryl methyl sites for hydroxylation is 1. The molecule has 4 rings (SSSR count). The molecule has 1 atom stereocenters. The van der Waals surface area contributed by atoms with Crippen molar-refractivity contribution in [2.75, 3.05) is 26.7 Å². The van der Waals surface area contributed by atoms with E-state index in [1.165, 1.54) is 16.0 Å². The molecule has 1 aromatic heterocycles. The van der Waals surface area contributed by atoms with Gasteiger partial charge < -0.3 is 14.5 Å². The number of rotatable bonds is 10. The molecule has 5 nitrogen and oxygen atoms in total. The first kappa shape index (κ1) is 26.0. The van der Waals surface area contributed by atoms with Crippen LogP contribution < -0.4 is 4.74 Å². The van der Waals surface area contributed by atoms with Crippen LogP contribution in [0.4, 0.5) is 0 Å². The van der Waals surface area contributed by atoms with Crippen molar-refractivity contribution in [3.05, 3.63) is 87.1 Å². The highest BCUT2D eigenvalue weighted by Gasteiger charge is 2.34. The molecular weight excluding hydrogens is 468 g/mol. The Morgan fingerprint density at radius 1 is 1.03 bits per heavy atom. The van der Waals surface area contributed by atoms with Crippen molar-refractivity contribution in [3.63, 3.8) is 0 Å². The second-order valence-corrected chi connectivity index (χ2v) is 10.3. The number of unbranched alkanes of at least 4 members (excludes halogenated alkanes) is 1. The van der Waals surface area contributed by atoms with Gasteiger partial charge in [-0.25, -0.2) is 0 Å². The Labute approximate surface area is 218 Å². The third kappa shape index (κ3) is 5.81. The van der Waals surface area contributed by atoms with Gasteiger partial charge in [-0.05, 0) is 78.1 Å². The summed E-state index contributed by atoms with van der Waals surface area (Å²) in [6.07, 6.45) is 4.94. The number of hydrogen-bond donors (Lipinski definition) is 0. The van der Waals surface area contributed by atoms with E-state index in [1.807, 2.05) is 60.4 Å². The highest BCUT2D eigenvalue weighted by Crippen LogP contribution is 2.38. The third-order valence-electron chi connectivity index (χ3n) is 6.84. The Bertz CT molecular complexity index is 1150. The van der Waals surface area contributed by atoms with E-state index in [1.54, 1.807) is 23.3 Å². The second kappa shape index (κ2) is 12.2. The Kier molecular flexibility index (Phi) is 8.81. The Hall–Kier alpha value is -3.12. The fourth-order valence-corrected chi connectivity index (χ4v) is 5.79. The first-order valence-corrected chi connectivity index (χ1v) is 13.8. The lowest BCUT2D eigenvalue weighted by molar-refractivity contribution is -0.134. The number of carbonyl (C=O) groups excluding carboxylic acids is 2. The largest absolute Gasteiger partial charge is 0.497 e. The van der Waals surface area contributed by atoms with Gasteiger partial charge in [0.2, 0.25) is 5.91 Å². The van der Waals surface area contributed by atoms with Crippen LogP contribution in [0.5, 0.6) is 5.75 Å². The molecule has 2 amide bonds. The number of ether oxygens (including phenoxy) is 1. The van der Waals surface area contributed by atoms with Gasteiger partial charge in [0, 0.05) is 23.5 Å². The van der Waals surface area contributed by atoms with Crippen LogP contribution in [0.1, 0.15) is 71.1 Å². The number of nitrogens with zero attached hydrogens (tertiary/aromatic N) is 2. The molecule has 1 unspecified atom stereocenters. The summed E-state index contributed by atoms with van der Waals surface area (Å²) in [4.78, 5) is 32.1. The first-order valence-electron chi connectivity index (χ1n) is 12.9. The summed E-state index contributed by atoms with van der Waals surface area (Å²) in [5.41, 5.74) is 4.12. The normalized spacial score (nSPS) is 14.9. The van der Waals surface area contributed by atoms with Crippen molar-refractivity contribution < 1.29 is 14.3 Å². The van der Waals surface area contributed by atoms with Gasteiger partial charge in [0.05, 0.1) is 13.2 Å². The van der Waals surface area contributed by atoms with E-state index >= 15 is 0 Å². The summed E-state index contributed by atoms with van der Waals surface area (Å²) < 4.78 is 5.34. The maximum absolute atomic E-state index is 13.7. The molecule has 2 heterocycles. The first-order chi connectivity index (χ1) is 17.5. The average molecular weight is 505 g/mol. The van der Waals surface area contributed by atoms with Crippen molar-refractivity contribution in [2.24, 2.45) is 0 Å². The van der Waals surface area contributed by atoms with Gasteiger partial charge in [-0.15, -0.1) is 11.3 Å². The molecule has 0 N–H and O–H groups in total. The maximum atomic E-state index is 13.7. The number of hydrogen-bond acceptors (Lipinski definition) is 4. The summed E-state index contributed by atoms with van der Waals surface area (Å²) in [5.74, 6) is 0.689. The lowest BCUT2D eigenvalue weighted by atomic mass is 9.93. The number of methoxy groups -OCH3 is 1. The minimum absolute atomic E-state index is 0.0194. The Morgan fingerprint density at radius 2 is 1.78 bits per heavy atom. The molecule has 0 spiro atoms. The summed E-state index contributed by atoms with van der Waals surface area (Å²) in [7, 11) is 1.65. The Morgan fingerprint density at radius 3 is 2.44 bits per heavy atom. The van der Waals surface area contributed by atoms with E-state index < -0.39 is 0 Å². The van der Waals surface area contributed by atoms with Gasteiger partial charge in [0.1, 0.15) is 12.3 Å². The zero-order valence-corrected chi connectivity index (χ0v) is 22.4. The Balaban J connectivity index is 1.54. The maximum Gasteiger partial charge on any atom is 0.254 e. The van der Waals surface area contributed by atoms with E-state index in [-0.39, 0.29) is 24.4 Å². The zero-order valence-electron chi connectivity index (χ0n) is 21.5. The minimum Gasteiger partial charge on any atom is -0.497 e. The van der Waals surface area contributed by atoms with Crippen LogP contribution in [0.3, 0.4) is 0 Å². The molecule has 36 heavy (non-hydrogen) atoms. The van der Waals surface area contributed by atoms with Gasteiger partial charge in [0.15, 0.2) is 0 Å². The number of thiophene rings is 1. The number of benzene rings is 2. The number of fused-ring (bicyclic) bond motifs is 1. The monoisotopic (exact) mass is 504 g/mol. The molecule has 1 aliphatic rings. The molecule has 3 aromatic rings. The summed E-state index contributed by atoms with van der Waals surface area (Å²) in [6, 6.07) is 17.8. The molecule has 0 saturated heterocycles. The molecule has 0 fully saturated rings. The third-order valence-corrected chi connectivity index (χ3v) is 7.84. The smallest absolute Gasteiger partial charge is 0.254 e. The van der Waals surface area contributed by atoms with Crippen LogP contribution in [0.25, 0.3) is 0 Å². The van der Waals surface area contributed by atoms with Crippen molar-refractivity contribution in [1.82, 2.24) is 9.80 Å². The average Bonchev–Trinajstić information content (AvgIpc) is 3.40. The highest BCUT2D eigenvalue weighted by molar-refractivity contribution is 7.10. The van der Waals surface area contributed by atoms with Crippen LogP contribution in [0.2, 0.25) is 0 Å². The van der Waals surface area contributed by atoms with Crippen molar-refractivity contribution in [2.45, 2.75) is 52.0 Å². The number of carbonyl (C=O) groups is 2. The van der Waals surface area contributed by atoms with E-state index in [0.29, 0.717) is 18.7 Å². The van der Waals surface area contributed by atoms with Gasteiger partial charge in [-0.3, -0.25) is 9.59 Å². The van der Waals surface area contributed by atoms with Gasteiger partial charge in [0.25, 0.3) is 5.91 Å². The van der Waals surface area contributed by atoms with Crippen LogP contribution >= 0.6 is 11.3 Å². The predicted molar refractivity (Wildman–Crippen MR) is 146 cm³/mol. The van der Waals surface area contributed by atoms with E-state index in [9.17, 15) is 9.59 Å². The van der Waals surface area contributed by atoms with Gasteiger partial charge in [-0.2, -0.15) is 0 Å². The molecule has 6 heteroatoms. The van der Waals surface area contributed by atoms with E-state index in [2.05, 4.69) is 18.4 Å². The molecule has 0 bridgehead atoms. The summed E-state index contributed by atoms with van der Waals surface area (Å²) >= 11 is 1.75. The van der Waals surface area contributed by atoms with Crippen LogP contribution in [0, 0.1) is 0 Å². The molecular formula is C30H36N2O3S. The highest BCUT2D eigenvalue weighted by atomic mass is 32.1. The van der Waals surface area contributed by atoms with E-state index in [0.717, 1.165) is 43.4 Å². The SMILES string of the molecule is CCCCc1ccc(C(=O)N(CCC)CC(=O)N2CCc3sccc3C2c2ccc(OC)cc2)cc1. The fraction of sp³-hybridized carbons (Fsp3) is 0.400. The molecule has 2 aromatic carbocycles. The fourth-order valence-electron chi connectivity index (χ4n) is 4.88. The summed E-state index contributed by atoms with van der Waals surface area (Å²) in [6.45, 7) is 5.49. The standard InChI is InChI=1S/C30H36N2O3S/c1-4-6-7-22-8-10-24(11-9-22)30(34)31(18-5-2)21-28(33)32-19-16-27-26(17-20-36-27)29(32)23-12-14-25(35-3)15-13-23/h8-15,17,20,29H,4-7,16,18-19,21H2,1-3H3. The lowest BCUT2D eigenvalue weighted by Crippen LogP contribution is -2.47. The number of amides is 2. The van der Waals surface area contributed by atoms with E-state index in [4.69, 9.17) is 4.74 Å². The minimum atomic E-state index is -0.158. The topological polar surface area (TPSA) is 49.9 Å². The predicted octanol–water partition coefficient (Wildman–Crippen LogP) is 6.13. The second-order valence-electron chi connectivity index (χ2n) is 9.34. The van der Waals surface area contributed by atoms with Gasteiger partial charge >= 0.3 is 0 Å². The quantitative estimate of drug-likeness (QED) is 0.334. The van der Waals surface area contributed by atoms with Crippen molar-refractivity contribution in [1.29, 1.82) is 0 Å². The van der Waals surface area contributed by atoms with Gasteiger partial charge in [-0.1, -0.05) is 44.5 Å². The molecule has 0 aliphatic carbocycles. The van der Waals surface area contributed by atoms with Crippen LogP contribution in [-0.4, -0.2) is 48.4 Å². The van der Waals surface area contributed by atoms with Crippen LogP contribution in [0.15, 0.2) is 60.0 Å². The van der Waals surface area contributed by atoms with Crippen molar-refractivity contribution >= 4 is 23.2 Å². The molecule has 0 radical (unpaired) electrons. The summed E-state index contributed by atoms with van der Waals surface area (Å²) in [5, 5.41) is 2.10. The molecule has 190 valence electrons. The zero-order chi connectivity index (χ0) is 25.5. The lowest BCUT2D eigenvalue weighted by Gasteiger charge is -2.37. The molecule has 1 aliphatic heterocycles. The van der Waals surface area contributed by atoms with Crippen LogP contribution in [-0.2, 0) is 17.6 Å². The van der Waals surface area contributed by atoms with Crippen molar-refractivity contribution in [3.8, 4) is 5.75 Å². The molecule has 0 saturated carbocycles.